The maximum Gasteiger partial charge on any atom is 0.325 e. The lowest BCUT2D eigenvalue weighted by Crippen LogP contribution is -2.41. The lowest BCUT2D eigenvalue weighted by Gasteiger charge is -2.14. The lowest BCUT2D eigenvalue weighted by atomic mass is 10.0. The number of nitrogens with zero attached hydrogens (tertiary/aromatic N) is 1. The van der Waals surface area contributed by atoms with Gasteiger partial charge in [-0.25, -0.2) is 4.79 Å². The van der Waals surface area contributed by atoms with E-state index in [4.69, 9.17) is 23.2 Å². The topological polar surface area (TPSA) is 78.5 Å². The van der Waals surface area contributed by atoms with Crippen LogP contribution in [-0.2, 0) is 16.0 Å². The molecule has 0 aromatic heterocycles. The van der Waals surface area contributed by atoms with Crippen LogP contribution in [0.5, 0.6) is 0 Å². The minimum atomic E-state index is -0.548. The fourth-order valence-electron chi connectivity index (χ4n) is 2.62. The standard InChI is InChI=1S/C17H21Cl2N3O3/c1-10(2)7-14-16(24)22(17(25)21-14)9-15(23)20-6-5-11-3-4-12(18)8-13(11)19/h3-4,8,10,14H,5-7,9H2,1-2H3,(H,20,23)(H,21,25)/t14-/m0/s1. The normalized spacial score (nSPS) is 17.2. The van der Waals surface area contributed by atoms with Gasteiger partial charge in [0, 0.05) is 16.6 Å². The predicted molar refractivity (Wildman–Crippen MR) is 96.7 cm³/mol. The summed E-state index contributed by atoms with van der Waals surface area (Å²) in [6.07, 6.45) is 1.08. The molecule has 0 saturated carbocycles. The van der Waals surface area contributed by atoms with Gasteiger partial charge in [-0.15, -0.1) is 0 Å². The third-order valence-electron chi connectivity index (χ3n) is 3.85. The highest BCUT2D eigenvalue weighted by Crippen LogP contribution is 2.21. The van der Waals surface area contributed by atoms with Crippen molar-refractivity contribution < 1.29 is 14.4 Å². The highest BCUT2D eigenvalue weighted by molar-refractivity contribution is 6.35. The molecule has 0 radical (unpaired) electrons. The molecular weight excluding hydrogens is 365 g/mol. The van der Waals surface area contributed by atoms with Gasteiger partial charge in [-0.1, -0.05) is 43.1 Å². The zero-order valence-electron chi connectivity index (χ0n) is 14.1. The fraction of sp³-hybridized carbons (Fsp3) is 0.471. The van der Waals surface area contributed by atoms with Crippen molar-refractivity contribution in [2.75, 3.05) is 13.1 Å². The molecule has 1 aliphatic heterocycles. The first-order chi connectivity index (χ1) is 11.8. The van der Waals surface area contributed by atoms with Crippen LogP contribution in [0.1, 0.15) is 25.8 Å². The lowest BCUT2D eigenvalue weighted by molar-refractivity contribution is -0.132. The van der Waals surface area contributed by atoms with Gasteiger partial charge in [0.15, 0.2) is 0 Å². The summed E-state index contributed by atoms with van der Waals surface area (Å²) in [4.78, 5) is 37.0. The fourth-order valence-corrected chi connectivity index (χ4v) is 3.12. The number of nitrogens with one attached hydrogen (secondary N) is 2. The van der Waals surface area contributed by atoms with Gasteiger partial charge < -0.3 is 10.6 Å². The number of hydrogen-bond acceptors (Lipinski definition) is 3. The maximum absolute atomic E-state index is 12.2. The quantitative estimate of drug-likeness (QED) is 0.708. The van der Waals surface area contributed by atoms with Gasteiger partial charge in [-0.05, 0) is 36.5 Å². The van der Waals surface area contributed by atoms with Gasteiger partial charge in [0.1, 0.15) is 12.6 Å². The van der Waals surface area contributed by atoms with Crippen LogP contribution >= 0.6 is 23.2 Å². The molecule has 0 bridgehead atoms. The molecule has 4 amide bonds. The van der Waals surface area contributed by atoms with E-state index in [9.17, 15) is 14.4 Å². The van der Waals surface area contributed by atoms with E-state index in [0.717, 1.165) is 10.5 Å². The van der Waals surface area contributed by atoms with Crippen LogP contribution in [0.4, 0.5) is 4.79 Å². The summed E-state index contributed by atoms with van der Waals surface area (Å²) in [6.45, 7) is 4.00. The van der Waals surface area contributed by atoms with Crippen LogP contribution in [0.25, 0.3) is 0 Å². The molecule has 1 fully saturated rings. The van der Waals surface area contributed by atoms with Crippen LogP contribution in [0.15, 0.2) is 18.2 Å². The molecule has 0 aliphatic carbocycles. The van der Waals surface area contributed by atoms with Crippen molar-refractivity contribution >= 4 is 41.0 Å². The van der Waals surface area contributed by atoms with Crippen molar-refractivity contribution in [3.8, 4) is 0 Å². The van der Waals surface area contributed by atoms with Crippen molar-refractivity contribution in [1.82, 2.24) is 15.5 Å². The van der Waals surface area contributed by atoms with E-state index in [1.165, 1.54) is 0 Å². The molecule has 1 aliphatic rings. The number of hydrogen-bond donors (Lipinski definition) is 2. The van der Waals surface area contributed by atoms with Crippen molar-refractivity contribution in [3.05, 3.63) is 33.8 Å². The number of rotatable bonds is 7. The SMILES string of the molecule is CC(C)C[C@@H]1NC(=O)N(CC(=O)NCCc2ccc(Cl)cc2Cl)C1=O. The second-order valence-electron chi connectivity index (χ2n) is 6.39. The molecule has 1 saturated heterocycles. The largest absolute Gasteiger partial charge is 0.354 e. The molecule has 25 heavy (non-hydrogen) atoms. The van der Waals surface area contributed by atoms with Gasteiger partial charge in [-0.3, -0.25) is 14.5 Å². The average molecular weight is 386 g/mol. The highest BCUT2D eigenvalue weighted by atomic mass is 35.5. The van der Waals surface area contributed by atoms with E-state index < -0.39 is 18.0 Å². The van der Waals surface area contributed by atoms with Crippen LogP contribution in [-0.4, -0.2) is 41.9 Å². The minimum Gasteiger partial charge on any atom is -0.354 e. The van der Waals surface area contributed by atoms with Crippen molar-refractivity contribution in [3.63, 3.8) is 0 Å². The Morgan fingerprint density at radius 1 is 1.32 bits per heavy atom. The number of carbonyl (C=O) groups excluding carboxylic acids is 3. The van der Waals surface area contributed by atoms with E-state index in [1.54, 1.807) is 18.2 Å². The molecule has 136 valence electrons. The van der Waals surface area contributed by atoms with Gasteiger partial charge in [0.05, 0.1) is 0 Å². The number of urea groups is 1. The number of amides is 4. The summed E-state index contributed by atoms with van der Waals surface area (Å²) in [5, 5.41) is 6.39. The molecule has 1 atom stereocenters. The summed E-state index contributed by atoms with van der Waals surface area (Å²) < 4.78 is 0. The minimum absolute atomic E-state index is 0.271. The summed E-state index contributed by atoms with van der Waals surface area (Å²) in [7, 11) is 0. The molecule has 1 aromatic rings. The Kier molecular flexibility index (Phi) is 6.67. The second kappa shape index (κ2) is 8.54. The molecule has 8 heteroatoms. The third kappa shape index (κ3) is 5.34. The smallest absolute Gasteiger partial charge is 0.325 e. The molecule has 1 heterocycles. The Hall–Kier alpha value is -1.79. The zero-order chi connectivity index (χ0) is 18.6. The first-order valence-corrected chi connectivity index (χ1v) is 8.86. The average Bonchev–Trinajstić information content (AvgIpc) is 2.76. The summed E-state index contributed by atoms with van der Waals surface area (Å²) in [6, 6.07) is 4.10. The van der Waals surface area contributed by atoms with Crippen molar-refractivity contribution in [1.29, 1.82) is 0 Å². The molecule has 6 nitrogen and oxygen atoms in total. The van der Waals surface area contributed by atoms with Gasteiger partial charge in [0.2, 0.25) is 5.91 Å². The number of imide groups is 1. The van der Waals surface area contributed by atoms with Gasteiger partial charge >= 0.3 is 6.03 Å². The molecule has 2 rings (SSSR count). The molecule has 0 spiro atoms. The number of benzene rings is 1. The van der Waals surface area contributed by atoms with Crippen molar-refractivity contribution in [2.24, 2.45) is 5.92 Å². The summed E-state index contributed by atoms with van der Waals surface area (Å²) in [5.74, 6) is -0.472. The monoisotopic (exact) mass is 385 g/mol. The zero-order valence-corrected chi connectivity index (χ0v) is 15.7. The van der Waals surface area contributed by atoms with E-state index >= 15 is 0 Å². The maximum atomic E-state index is 12.2. The summed E-state index contributed by atoms with van der Waals surface area (Å²) >= 11 is 11.9. The Bertz CT molecular complexity index is 679. The van der Waals surface area contributed by atoms with Crippen LogP contribution in [0.3, 0.4) is 0 Å². The molecule has 0 unspecified atom stereocenters. The predicted octanol–water partition coefficient (Wildman–Crippen LogP) is 2.62. The van der Waals surface area contributed by atoms with Crippen LogP contribution < -0.4 is 10.6 Å². The van der Waals surface area contributed by atoms with E-state index in [2.05, 4.69) is 10.6 Å². The second-order valence-corrected chi connectivity index (χ2v) is 7.24. The van der Waals surface area contributed by atoms with Crippen LogP contribution in [0.2, 0.25) is 10.0 Å². The Morgan fingerprint density at radius 3 is 2.68 bits per heavy atom. The first kappa shape index (κ1) is 19.5. The Balaban J connectivity index is 1.82. The van der Waals surface area contributed by atoms with Gasteiger partial charge in [0.25, 0.3) is 5.91 Å². The Labute approximate surface area is 156 Å². The number of halogens is 2. The van der Waals surface area contributed by atoms with Crippen molar-refractivity contribution in [2.45, 2.75) is 32.7 Å². The van der Waals surface area contributed by atoms with Gasteiger partial charge in [-0.2, -0.15) is 0 Å². The third-order valence-corrected chi connectivity index (χ3v) is 4.43. The van der Waals surface area contributed by atoms with Crippen LogP contribution in [0, 0.1) is 5.92 Å². The van der Waals surface area contributed by atoms with E-state index in [0.29, 0.717) is 29.4 Å². The van der Waals surface area contributed by atoms with E-state index in [1.807, 2.05) is 13.8 Å². The van der Waals surface area contributed by atoms with E-state index in [-0.39, 0.29) is 18.4 Å². The highest BCUT2D eigenvalue weighted by Gasteiger charge is 2.38. The molecule has 2 N–H and O–H groups in total. The number of carbonyl (C=O) groups is 3. The molecule has 1 aromatic carbocycles. The molecular formula is C17H21Cl2N3O3. The summed E-state index contributed by atoms with van der Waals surface area (Å²) in [5.41, 5.74) is 0.860. The first-order valence-electron chi connectivity index (χ1n) is 8.10. The Morgan fingerprint density at radius 2 is 2.04 bits per heavy atom.